The maximum absolute atomic E-state index is 6.44. The molecule has 0 aromatic heterocycles. The molecule has 22 heavy (non-hydrogen) atoms. The molecule has 2 aromatic rings. The van der Waals surface area contributed by atoms with Crippen LogP contribution in [0.15, 0.2) is 48.6 Å². The lowest BCUT2D eigenvalue weighted by molar-refractivity contribution is 0.426. The highest BCUT2D eigenvalue weighted by molar-refractivity contribution is 6.36. The normalized spacial score (nSPS) is 25.5. The molecule has 0 amide bonds. The van der Waals surface area contributed by atoms with Gasteiger partial charge in [-0.25, -0.2) is 0 Å². The van der Waals surface area contributed by atoms with Gasteiger partial charge in [0.25, 0.3) is 0 Å². The lowest BCUT2D eigenvalue weighted by atomic mass is 9.77. The smallest absolute Gasteiger partial charge is 0.0583 e. The van der Waals surface area contributed by atoms with E-state index in [0.717, 1.165) is 22.7 Å². The number of hydrogen-bond donors (Lipinski definition) is 1. The Labute approximate surface area is 144 Å². The first-order valence-electron chi connectivity index (χ1n) is 7.31. The molecule has 4 heteroatoms. The summed E-state index contributed by atoms with van der Waals surface area (Å²) in [4.78, 5) is 0. The second kappa shape index (κ2) is 5.49. The van der Waals surface area contributed by atoms with Crippen molar-refractivity contribution in [3.63, 3.8) is 0 Å². The fraction of sp³-hybridized carbons (Fsp3) is 0.222. The third kappa shape index (κ3) is 2.23. The third-order valence-electron chi connectivity index (χ3n) is 4.64. The predicted octanol–water partition coefficient (Wildman–Crippen LogP) is 6.47. The Kier molecular flexibility index (Phi) is 3.60. The van der Waals surface area contributed by atoms with Gasteiger partial charge in [-0.1, -0.05) is 53.0 Å². The second-order valence-corrected chi connectivity index (χ2v) is 7.09. The largest absolute Gasteiger partial charge is 0.378 e. The Hall–Kier alpha value is -1.15. The molecule has 3 atom stereocenters. The molecule has 0 unspecified atom stereocenters. The second-order valence-electron chi connectivity index (χ2n) is 5.84. The van der Waals surface area contributed by atoms with Crippen molar-refractivity contribution in [2.45, 2.75) is 18.4 Å². The summed E-state index contributed by atoms with van der Waals surface area (Å²) >= 11 is 19.1. The number of halogens is 3. The molecule has 1 heterocycles. The summed E-state index contributed by atoms with van der Waals surface area (Å²) in [5, 5.41) is 5.83. The standard InChI is InChI=1S/C18H14Cl3N/c19-10-7-8-16-13(9-10)11-3-1-4-12(11)18(22-16)17-14(20)5-2-6-15(17)21/h1-3,5-9,11-12,18,22H,4H2/t11-,12+,18-/m1/s1. The molecular weight excluding hydrogens is 337 g/mol. The highest BCUT2D eigenvalue weighted by atomic mass is 35.5. The van der Waals surface area contributed by atoms with Crippen LogP contribution >= 0.6 is 34.8 Å². The van der Waals surface area contributed by atoms with Crippen LogP contribution in [0, 0.1) is 5.92 Å². The summed E-state index contributed by atoms with van der Waals surface area (Å²) in [7, 11) is 0. The van der Waals surface area contributed by atoms with E-state index in [1.165, 1.54) is 5.56 Å². The average Bonchev–Trinajstić information content (AvgIpc) is 2.97. The Morgan fingerprint density at radius 3 is 2.55 bits per heavy atom. The minimum Gasteiger partial charge on any atom is -0.378 e. The minimum atomic E-state index is 0.106. The number of nitrogens with one attached hydrogen (secondary N) is 1. The first-order valence-corrected chi connectivity index (χ1v) is 8.45. The zero-order valence-electron chi connectivity index (χ0n) is 11.7. The van der Waals surface area contributed by atoms with Crippen molar-refractivity contribution in [2.24, 2.45) is 5.92 Å². The molecular formula is C18H14Cl3N. The molecule has 0 radical (unpaired) electrons. The van der Waals surface area contributed by atoms with Gasteiger partial charge in [0.15, 0.2) is 0 Å². The Morgan fingerprint density at radius 2 is 1.77 bits per heavy atom. The molecule has 0 spiro atoms. The van der Waals surface area contributed by atoms with Crippen LogP contribution in [-0.2, 0) is 0 Å². The van der Waals surface area contributed by atoms with Gasteiger partial charge in [-0.15, -0.1) is 0 Å². The van der Waals surface area contributed by atoms with Crippen molar-refractivity contribution >= 4 is 40.5 Å². The summed E-state index contributed by atoms with van der Waals surface area (Å²) in [6.07, 6.45) is 5.53. The number of hydrogen-bond acceptors (Lipinski definition) is 1. The van der Waals surface area contributed by atoms with Crippen molar-refractivity contribution in [3.05, 3.63) is 74.7 Å². The lowest BCUT2D eigenvalue weighted by Gasteiger charge is -2.38. The summed E-state index contributed by atoms with van der Waals surface area (Å²) < 4.78 is 0. The quantitative estimate of drug-likeness (QED) is 0.581. The molecule has 4 rings (SSSR count). The summed E-state index contributed by atoms with van der Waals surface area (Å²) in [5.74, 6) is 0.760. The van der Waals surface area contributed by atoms with E-state index >= 15 is 0 Å². The molecule has 1 N–H and O–H groups in total. The van der Waals surface area contributed by atoms with Crippen molar-refractivity contribution in [1.29, 1.82) is 0 Å². The highest BCUT2D eigenvalue weighted by Gasteiger charge is 2.39. The van der Waals surface area contributed by atoms with E-state index in [2.05, 4.69) is 23.5 Å². The summed E-state index contributed by atoms with van der Waals surface area (Å²) in [5.41, 5.74) is 3.36. The third-order valence-corrected chi connectivity index (χ3v) is 5.53. The van der Waals surface area contributed by atoms with Crippen LogP contribution in [0.5, 0.6) is 0 Å². The first kappa shape index (κ1) is 14.4. The average molecular weight is 351 g/mol. The number of anilines is 1. The molecule has 0 saturated carbocycles. The SMILES string of the molecule is Clc1ccc2c(c1)[C@@H]1C=CC[C@@H]1[C@H](c1c(Cl)cccc1Cl)N2. The van der Waals surface area contributed by atoms with Gasteiger partial charge in [0.2, 0.25) is 0 Å². The first-order chi connectivity index (χ1) is 10.6. The molecule has 0 saturated heterocycles. The van der Waals surface area contributed by atoms with Crippen molar-refractivity contribution in [1.82, 2.24) is 0 Å². The number of allylic oxidation sites excluding steroid dienone is 2. The van der Waals surface area contributed by atoms with Crippen LogP contribution in [0.4, 0.5) is 5.69 Å². The maximum Gasteiger partial charge on any atom is 0.0583 e. The fourth-order valence-corrected chi connectivity index (χ4v) is 4.47. The fourth-order valence-electron chi connectivity index (χ4n) is 3.66. The topological polar surface area (TPSA) is 12.0 Å². The van der Waals surface area contributed by atoms with Crippen molar-refractivity contribution in [2.75, 3.05) is 5.32 Å². The Balaban J connectivity index is 1.85. The van der Waals surface area contributed by atoms with Gasteiger partial charge in [-0.3, -0.25) is 0 Å². The van der Waals surface area contributed by atoms with E-state index in [1.807, 2.05) is 30.3 Å². The zero-order valence-corrected chi connectivity index (χ0v) is 14.0. The summed E-state index contributed by atoms with van der Waals surface area (Å²) in [6, 6.07) is 11.8. The number of fused-ring (bicyclic) bond motifs is 3. The lowest BCUT2D eigenvalue weighted by Crippen LogP contribution is -2.29. The minimum absolute atomic E-state index is 0.106. The van der Waals surface area contributed by atoms with Crippen LogP contribution in [0.3, 0.4) is 0 Å². The van der Waals surface area contributed by atoms with Gasteiger partial charge in [0, 0.05) is 32.2 Å². The van der Waals surface area contributed by atoms with Gasteiger partial charge < -0.3 is 5.32 Å². The number of rotatable bonds is 1. The van der Waals surface area contributed by atoms with E-state index in [0.29, 0.717) is 21.9 Å². The van der Waals surface area contributed by atoms with E-state index in [-0.39, 0.29) is 6.04 Å². The van der Waals surface area contributed by atoms with Crippen LogP contribution in [0.25, 0.3) is 0 Å². The van der Waals surface area contributed by atoms with Gasteiger partial charge in [0.05, 0.1) is 6.04 Å². The predicted molar refractivity (Wildman–Crippen MR) is 94.3 cm³/mol. The molecule has 112 valence electrons. The Bertz CT molecular complexity index is 749. The molecule has 0 bridgehead atoms. The Morgan fingerprint density at radius 1 is 1.00 bits per heavy atom. The van der Waals surface area contributed by atoms with Crippen LogP contribution < -0.4 is 5.32 Å². The highest BCUT2D eigenvalue weighted by Crippen LogP contribution is 2.52. The maximum atomic E-state index is 6.44. The molecule has 1 aliphatic carbocycles. The molecule has 1 aliphatic heterocycles. The monoisotopic (exact) mass is 349 g/mol. The van der Waals surface area contributed by atoms with Crippen molar-refractivity contribution in [3.8, 4) is 0 Å². The van der Waals surface area contributed by atoms with Gasteiger partial charge in [-0.05, 0) is 48.2 Å². The van der Waals surface area contributed by atoms with Crippen LogP contribution in [0.1, 0.15) is 29.5 Å². The molecule has 2 aliphatic rings. The van der Waals surface area contributed by atoms with E-state index < -0.39 is 0 Å². The van der Waals surface area contributed by atoms with Gasteiger partial charge in [0.1, 0.15) is 0 Å². The molecule has 1 nitrogen and oxygen atoms in total. The van der Waals surface area contributed by atoms with Crippen molar-refractivity contribution < 1.29 is 0 Å². The van der Waals surface area contributed by atoms with E-state index in [1.54, 1.807) is 0 Å². The van der Waals surface area contributed by atoms with Gasteiger partial charge >= 0.3 is 0 Å². The molecule has 2 aromatic carbocycles. The zero-order chi connectivity index (χ0) is 15.3. The molecule has 0 fully saturated rings. The van der Waals surface area contributed by atoms with E-state index in [4.69, 9.17) is 34.8 Å². The van der Waals surface area contributed by atoms with Gasteiger partial charge in [-0.2, -0.15) is 0 Å². The van der Waals surface area contributed by atoms with Crippen LogP contribution in [0.2, 0.25) is 15.1 Å². The number of benzene rings is 2. The summed E-state index contributed by atoms with van der Waals surface area (Å²) in [6.45, 7) is 0. The van der Waals surface area contributed by atoms with Crippen LogP contribution in [-0.4, -0.2) is 0 Å². The van der Waals surface area contributed by atoms with E-state index in [9.17, 15) is 0 Å².